The normalized spacial score (nSPS) is 14.9. The van der Waals surface area contributed by atoms with Crippen LogP contribution in [0.5, 0.6) is 0 Å². The Balaban J connectivity index is 1.16. The summed E-state index contributed by atoms with van der Waals surface area (Å²) in [5.74, 6) is -8.72. The highest BCUT2D eigenvalue weighted by Gasteiger charge is 2.35. The summed E-state index contributed by atoms with van der Waals surface area (Å²) in [6.45, 7) is 1.39. The number of carbonyl (C=O) groups excluding carboxylic acids is 8. The van der Waals surface area contributed by atoms with Crippen molar-refractivity contribution in [1.29, 1.82) is 0 Å². The monoisotopic (exact) mass is 1180 g/mol. The van der Waals surface area contributed by atoms with Gasteiger partial charge < -0.3 is 25.1 Å². The quantitative estimate of drug-likeness (QED) is 0.0128. The molecule has 5 aromatic rings. The molecule has 19 heteroatoms. The highest BCUT2D eigenvalue weighted by atomic mass is 32.2. The standard InChI is InChI=1S/C66H78N4O14S/c1-70(38-21-39-85(81,82)83,37-20-18-33-63(76)84-69-61(74)34-35-62(69)75)36-19-17-32-56(71)45-53(40-48-22-7-2-8-23-48)64(77)67-57(43-51-28-13-5-14-29-51)59(72)46-54(41-49-24-9-3-10-25-49)65(78)68-58(44-52-30-15-6-16-31-52)60(73)47-55(66(79)80)42-50-26-11-4-12-27-50/h2-16,22-31,53-55,57-58H,17-21,32-47H2,1H3,(H3-,67,68,77,78,79,80,81,82,83)/p+1. The smallest absolute Gasteiger partial charge is 0.333 e. The summed E-state index contributed by atoms with van der Waals surface area (Å²) < 4.78 is 33.1. The fraction of sp³-hybridized carbons (Fsp3) is 0.409. The summed E-state index contributed by atoms with van der Waals surface area (Å²) in [6.07, 6.45) is 1.65. The molecule has 0 aliphatic carbocycles. The van der Waals surface area contributed by atoms with Crippen molar-refractivity contribution in [2.75, 3.05) is 32.4 Å². The molecule has 6 atom stereocenters. The highest BCUT2D eigenvalue weighted by Crippen LogP contribution is 2.23. The second kappa shape index (κ2) is 33.5. The van der Waals surface area contributed by atoms with Crippen LogP contribution in [-0.4, -0.2) is 125 Å². The van der Waals surface area contributed by atoms with Gasteiger partial charge in [-0.2, -0.15) is 8.42 Å². The molecule has 4 amide bonds. The zero-order valence-electron chi connectivity index (χ0n) is 48.3. The molecule has 0 aromatic heterocycles. The number of rotatable bonds is 38. The van der Waals surface area contributed by atoms with Crippen molar-refractivity contribution in [1.82, 2.24) is 15.7 Å². The SMILES string of the molecule is C[N+](CCCCC(=O)CC(Cc1ccccc1)C(=O)NC(Cc1ccccc1)C(=O)CC(Cc1ccccc1)C(=O)NC(Cc1ccccc1)C(=O)CC(Cc1ccccc1)C(=O)O)(CCCCC(=O)ON1C(=O)CCC1=O)CCCS(=O)(=O)O. The Hall–Kier alpha value is -8.00. The molecule has 5 aromatic carbocycles. The van der Waals surface area contributed by atoms with Crippen LogP contribution in [0.2, 0.25) is 0 Å². The van der Waals surface area contributed by atoms with Gasteiger partial charge in [-0.25, -0.2) is 4.79 Å². The van der Waals surface area contributed by atoms with Gasteiger partial charge in [-0.05, 0) is 85.6 Å². The summed E-state index contributed by atoms with van der Waals surface area (Å²) in [5.41, 5.74) is 3.75. The molecule has 0 spiro atoms. The summed E-state index contributed by atoms with van der Waals surface area (Å²) in [5, 5.41) is 16.7. The molecule has 1 heterocycles. The molecule has 6 rings (SSSR count). The Labute approximate surface area is 498 Å². The number of aliphatic carboxylic acids is 1. The lowest BCUT2D eigenvalue weighted by Crippen LogP contribution is -2.49. The summed E-state index contributed by atoms with van der Waals surface area (Å²) in [7, 11) is -2.30. The number of nitrogens with one attached hydrogen (secondary N) is 2. The van der Waals surface area contributed by atoms with Crippen LogP contribution in [0.4, 0.5) is 0 Å². The van der Waals surface area contributed by atoms with Gasteiger partial charge in [0.05, 0.1) is 50.4 Å². The van der Waals surface area contributed by atoms with E-state index >= 15 is 0 Å². The topological polar surface area (TPSA) is 265 Å². The number of nitrogens with zero attached hydrogens (tertiary/aromatic N) is 2. The molecule has 1 saturated heterocycles. The third kappa shape index (κ3) is 23.5. The molecule has 0 saturated carbocycles. The zero-order chi connectivity index (χ0) is 61.2. The number of carbonyl (C=O) groups is 9. The van der Waals surface area contributed by atoms with Crippen LogP contribution in [0.1, 0.15) is 105 Å². The van der Waals surface area contributed by atoms with Crippen molar-refractivity contribution >= 4 is 63.0 Å². The number of hydroxylamine groups is 2. The maximum Gasteiger partial charge on any atom is 0.333 e. The average molecular weight is 1180 g/mol. The van der Waals surface area contributed by atoms with Crippen molar-refractivity contribution < 1.29 is 70.5 Å². The minimum Gasteiger partial charge on any atom is -0.481 e. The second-order valence-electron chi connectivity index (χ2n) is 22.5. The van der Waals surface area contributed by atoms with Gasteiger partial charge in [0.15, 0.2) is 11.6 Å². The highest BCUT2D eigenvalue weighted by molar-refractivity contribution is 7.85. The van der Waals surface area contributed by atoms with Gasteiger partial charge in [0.25, 0.3) is 21.9 Å². The summed E-state index contributed by atoms with van der Waals surface area (Å²) in [6, 6.07) is 43.2. The number of carboxylic acid groups (broad SMARTS) is 1. The average Bonchev–Trinajstić information content (AvgIpc) is 3.95. The van der Waals surface area contributed by atoms with Gasteiger partial charge >= 0.3 is 11.9 Å². The molecule has 452 valence electrons. The molecule has 1 aliphatic rings. The molecule has 4 N–H and O–H groups in total. The number of imide groups is 1. The van der Waals surface area contributed by atoms with E-state index in [9.17, 15) is 61.2 Å². The molecular formula is C66H79N4O14S+. The van der Waals surface area contributed by atoms with E-state index in [2.05, 4.69) is 10.6 Å². The van der Waals surface area contributed by atoms with Gasteiger partial charge in [0.2, 0.25) is 11.8 Å². The maximum absolute atomic E-state index is 15.0. The zero-order valence-corrected chi connectivity index (χ0v) is 49.1. The summed E-state index contributed by atoms with van der Waals surface area (Å²) in [4.78, 5) is 127. The number of hydrogen-bond acceptors (Lipinski definition) is 12. The number of quaternary nitrogens is 1. The second-order valence-corrected chi connectivity index (χ2v) is 24.0. The van der Waals surface area contributed by atoms with E-state index in [0.717, 1.165) is 27.8 Å². The maximum atomic E-state index is 15.0. The summed E-state index contributed by atoms with van der Waals surface area (Å²) >= 11 is 0. The predicted molar refractivity (Wildman–Crippen MR) is 318 cm³/mol. The molecule has 85 heavy (non-hydrogen) atoms. The van der Waals surface area contributed by atoms with E-state index in [1.54, 1.807) is 36.4 Å². The van der Waals surface area contributed by atoms with Crippen molar-refractivity contribution in [2.24, 2.45) is 17.8 Å². The Morgan fingerprint density at radius 3 is 1.26 bits per heavy atom. The number of hydrogen-bond donors (Lipinski definition) is 4. The minimum absolute atomic E-state index is 0.0247. The van der Waals surface area contributed by atoms with Crippen LogP contribution >= 0.6 is 0 Å². The van der Waals surface area contributed by atoms with E-state index in [1.807, 2.05) is 122 Å². The Kier molecular flexibility index (Phi) is 26.1. The first-order valence-corrected chi connectivity index (χ1v) is 30.8. The van der Waals surface area contributed by atoms with Gasteiger partial charge in [-0.3, -0.25) is 42.9 Å². The Bertz CT molecular complexity index is 3120. The van der Waals surface area contributed by atoms with E-state index < -0.39 is 92.8 Å². The number of benzene rings is 5. The number of carboxylic acids is 1. The molecule has 1 fully saturated rings. The van der Waals surface area contributed by atoms with Crippen molar-refractivity contribution in [3.8, 4) is 0 Å². The van der Waals surface area contributed by atoms with Crippen LogP contribution in [0, 0.1) is 17.8 Å². The molecular weight excluding hydrogens is 1100 g/mol. The lowest BCUT2D eigenvalue weighted by Gasteiger charge is -2.35. The molecule has 0 radical (unpaired) electrons. The first-order chi connectivity index (χ1) is 40.7. The number of unbranched alkanes of at least 4 members (excludes halogenated alkanes) is 2. The molecule has 1 aliphatic heterocycles. The van der Waals surface area contributed by atoms with Gasteiger partial charge in [-0.1, -0.05) is 152 Å². The van der Waals surface area contributed by atoms with Crippen LogP contribution in [0.25, 0.3) is 0 Å². The van der Waals surface area contributed by atoms with E-state index in [-0.39, 0.29) is 89.3 Å². The minimum atomic E-state index is -4.23. The van der Waals surface area contributed by atoms with Gasteiger partial charge in [0.1, 0.15) is 5.78 Å². The lowest BCUT2D eigenvalue weighted by atomic mass is 9.87. The molecule has 18 nitrogen and oxygen atoms in total. The lowest BCUT2D eigenvalue weighted by molar-refractivity contribution is -0.910. The van der Waals surface area contributed by atoms with E-state index in [0.29, 0.717) is 54.9 Å². The van der Waals surface area contributed by atoms with Crippen LogP contribution in [0.15, 0.2) is 152 Å². The third-order valence-electron chi connectivity index (χ3n) is 15.4. The van der Waals surface area contributed by atoms with Crippen LogP contribution in [0.3, 0.4) is 0 Å². The molecule has 0 bridgehead atoms. The first kappa shape index (κ1) is 66.1. The molecule has 6 unspecified atom stereocenters. The van der Waals surface area contributed by atoms with Crippen molar-refractivity contribution in [3.05, 3.63) is 179 Å². The van der Waals surface area contributed by atoms with Crippen LogP contribution < -0.4 is 10.6 Å². The van der Waals surface area contributed by atoms with E-state index in [1.165, 1.54) is 0 Å². The van der Waals surface area contributed by atoms with E-state index in [4.69, 9.17) is 4.84 Å². The fourth-order valence-electron chi connectivity index (χ4n) is 10.7. The Morgan fingerprint density at radius 2 is 0.859 bits per heavy atom. The first-order valence-electron chi connectivity index (χ1n) is 29.2. The fourth-order valence-corrected chi connectivity index (χ4v) is 11.2. The van der Waals surface area contributed by atoms with Gasteiger partial charge in [0, 0.05) is 63.2 Å². The number of Topliss-reactive ketones (excluding diaryl/α,β-unsaturated/α-hetero) is 3. The van der Waals surface area contributed by atoms with Gasteiger partial charge in [-0.15, -0.1) is 5.06 Å². The number of amides is 4. The third-order valence-corrected chi connectivity index (χ3v) is 16.2. The Morgan fingerprint density at radius 1 is 0.506 bits per heavy atom. The van der Waals surface area contributed by atoms with Crippen molar-refractivity contribution in [3.63, 3.8) is 0 Å². The van der Waals surface area contributed by atoms with Crippen molar-refractivity contribution in [2.45, 2.75) is 121 Å². The van der Waals surface area contributed by atoms with Crippen LogP contribution in [-0.2, 0) is 90.2 Å². The largest absolute Gasteiger partial charge is 0.481 e. The predicted octanol–water partition coefficient (Wildman–Crippen LogP) is 7.65. The number of ketones is 3.